The van der Waals surface area contributed by atoms with Crippen LogP contribution >= 0.6 is 15.8 Å². The summed E-state index contributed by atoms with van der Waals surface area (Å²) in [5, 5.41) is 7.51. The minimum atomic E-state index is -0.732. The second-order valence-electron chi connectivity index (χ2n) is 13.1. The van der Waals surface area contributed by atoms with Crippen molar-refractivity contribution in [2.45, 2.75) is 87.2 Å². The Bertz CT molecular complexity index is 1570. The maximum absolute atomic E-state index is 5.82. The first-order valence-corrected chi connectivity index (χ1v) is 19.0. The van der Waals surface area contributed by atoms with Crippen LogP contribution in [-0.4, -0.2) is 19.9 Å². The summed E-state index contributed by atoms with van der Waals surface area (Å²) >= 11 is 0. The van der Waals surface area contributed by atoms with Gasteiger partial charge >= 0.3 is 0 Å². The molecule has 1 atom stereocenters. The van der Waals surface area contributed by atoms with Crippen molar-refractivity contribution in [1.82, 2.24) is 0 Å². The van der Waals surface area contributed by atoms with E-state index in [9.17, 15) is 0 Å². The zero-order valence-corrected chi connectivity index (χ0v) is 31.0. The number of methoxy groups -OCH3 is 2. The van der Waals surface area contributed by atoms with E-state index < -0.39 is 15.8 Å². The molecule has 0 spiro atoms. The number of rotatable bonds is 9. The highest BCUT2D eigenvalue weighted by Crippen LogP contribution is 2.56. The van der Waals surface area contributed by atoms with Crippen LogP contribution in [0.2, 0.25) is 0 Å². The minimum absolute atomic E-state index is 0.436. The Morgan fingerprint density at radius 3 is 1.24 bits per heavy atom. The van der Waals surface area contributed by atoms with Crippen molar-refractivity contribution in [3.05, 3.63) is 116 Å². The van der Waals surface area contributed by atoms with Gasteiger partial charge in [-0.25, -0.2) is 0 Å². The molecule has 0 aliphatic heterocycles. The lowest BCUT2D eigenvalue weighted by molar-refractivity contribution is 0.408. The van der Waals surface area contributed by atoms with E-state index >= 15 is 0 Å². The quantitative estimate of drug-likeness (QED) is 0.170. The van der Waals surface area contributed by atoms with Crippen LogP contribution < -0.4 is 30.7 Å². The Hall–Kier alpha value is -2.92. The molecule has 0 heterocycles. The van der Waals surface area contributed by atoms with Crippen LogP contribution in [-0.2, 0) is 0 Å². The summed E-state index contributed by atoms with van der Waals surface area (Å²) in [6.07, 6.45) is 3.55. The molecule has 4 aromatic rings. The van der Waals surface area contributed by atoms with E-state index in [1.54, 1.807) is 25.1 Å². The van der Waals surface area contributed by atoms with Gasteiger partial charge in [0.15, 0.2) is 0 Å². The molecule has 0 radical (unpaired) electrons. The molecule has 0 unspecified atom stereocenters. The van der Waals surface area contributed by atoms with Gasteiger partial charge in [-0.2, -0.15) is 0 Å². The second kappa shape index (κ2) is 13.8. The first kappa shape index (κ1) is 33.4. The molecule has 0 saturated heterocycles. The lowest BCUT2D eigenvalue weighted by Gasteiger charge is -2.31. The average molecular weight is 637 g/mol. The molecule has 0 bridgehead atoms. The fourth-order valence-corrected chi connectivity index (χ4v) is 14.1. The van der Waals surface area contributed by atoms with Crippen LogP contribution in [0.15, 0.2) is 71.6 Å². The summed E-state index contributed by atoms with van der Waals surface area (Å²) in [7, 11) is 2.24. The fraction of sp³-hybridized carbons (Fsp3) is 0.366. The Kier molecular flexibility index (Phi) is 10.3. The summed E-state index contributed by atoms with van der Waals surface area (Å²) in [5.74, 6) is 2.00. The molecule has 0 N–H and O–H groups in total. The van der Waals surface area contributed by atoms with E-state index in [-0.39, 0.29) is 0 Å². The zero-order valence-electron chi connectivity index (χ0n) is 29.2. The van der Waals surface area contributed by atoms with E-state index in [1.165, 1.54) is 78.6 Å². The van der Waals surface area contributed by atoms with Gasteiger partial charge in [-0.3, -0.25) is 0 Å². The molecule has 0 aromatic heterocycles. The maximum atomic E-state index is 5.82. The van der Waals surface area contributed by atoms with Gasteiger partial charge in [-0.05, 0) is 164 Å². The number of benzene rings is 4. The Morgan fingerprint density at radius 1 is 0.511 bits per heavy atom. The first-order valence-electron chi connectivity index (χ1n) is 16.2. The molecule has 1 aliphatic carbocycles. The van der Waals surface area contributed by atoms with Gasteiger partial charge in [-0.1, -0.05) is 71.1 Å². The number of hydrogen-bond donors (Lipinski definition) is 0. The third kappa shape index (κ3) is 6.94. The molecule has 0 amide bonds. The number of aryl methyl sites for hydroxylation is 8. The van der Waals surface area contributed by atoms with Crippen molar-refractivity contribution in [2.24, 2.45) is 0 Å². The van der Waals surface area contributed by atoms with Crippen molar-refractivity contribution >= 4 is 37.1 Å². The monoisotopic (exact) mass is 636 g/mol. The van der Waals surface area contributed by atoms with Gasteiger partial charge in [0.2, 0.25) is 0 Å². The van der Waals surface area contributed by atoms with Crippen LogP contribution in [0.25, 0.3) is 0 Å². The Balaban J connectivity index is 1.76. The highest BCUT2D eigenvalue weighted by Gasteiger charge is 2.33. The van der Waals surface area contributed by atoms with E-state index in [0.29, 0.717) is 5.66 Å². The fourth-order valence-electron chi connectivity index (χ4n) is 7.61. The van der Waals surface area contributed by atoms with Gasteiger partial charge in [0.25, 0.3) is 0 Å². The predicted octanol–water partition coefficient (Wildman–Crippen LogP) is 9.56. The summed E-state index contributed by atoms with van der Waals surface area (Å²) in [6, 6.07) is 24.0. The highest BCUT2D eigenvalue weighted by molar-refractivity contribution is 7.77. The average Bonchev–Trinajstić information content (AvgIpc) is 3.41. The molecule has 4 heteroatoms. The Labute approximate surface area is 274 Å². The van der Waals surface area contributed by atoms with E-state index in [0.717, 1.165) is 17.9 Å². The molecular weight excluding hydrogens is 586 g/mol. The lowest BCUT2D eigenvalue weighted by atomic mass is 10.1. The predicted molar refractivity (Wildman–Crippen MR) is 199 cm³/mol. The molecule has 45 heavy (non-hydrogen) atoms. The third-order valence-electron chi connectivity index (χ3n) is 9.18. The normalized spacial score (nSPS) is 14.1. The molecule has 0 fully saturated rings. The van der Waals surface area contributed by atoms with Crippen LogP contribution in [0.4, 0.5) is 0 Å². The van der Waals surface area contributed by atoms with Crippen molar-refractivity contribution in [2.75, 3.05) is 14.2 Å². The Morgan fingerprint density at radius 2 is 0.889 bits per heavy atom. The SMILES string of the molecule is COc1c(C)cc(P(C2=C([C@@H](C)P(c3cc(C)cc(C)c3)c3cc(C)cc(C)c3)CCC2)c2cc(C)c(OC)c(C)c2)cc1C. The second-order valence-corrected chi connectivity index (χ2v) is 17.9. The molecule has 5 rings (SSSR count). The topological polar surface area (TPSA) is 18.5 Å². The third-order valence-corrected chi connectivity index (χ3v) is 14.5. The minimum Gasteiger partial charge on any atom is -0.496 e. The molecule has 1 aliphatic rings. The number of hydrogen-bond acceptors (Lipinski definition) is 2. The van der Waals surface area contributed by atoms with E-state index in [1.807, 2.05) is 0 Å². The summed E-state index contributed by atoms with van der Waals surface area (Å²) in [6.45, 7) is 20.3. The summed E-state index contributed by atoms with van der Waals surface area (Å²) in [4.78, 5) is 0. The molecular formula is C41H50O2P2. The van der Waals surface area contributed by atoms with Gasteiger partial charge in [-0.15, -0.1) is 0 Å². The summed E-state index contributed by atoms with van der Waals surface area (Å²) in [5.41, 5.74) is 12.4. The van der Waals surface area contributed by atoms with Crippen molar-refractivity contribution in [3.8, 4) is 11.5 Å². The van der Waals surface area contributed by atoms with Gasteiger partial charge in [0.1, 0.15) is 11.5 Å². The van der Waals surface area contributed by atoms with Crippen LogP contribution in [0.5, 0.6) is 11.5 Å². The molecule has 236 valence electrons. The van der Waals surface area contributed by atoms with Crippen molar-refractivity contribution in [3.63, 3.8) is 0 Å². The smallest absolute Gasteiger partial charge is 0.124 e. The number of ether oxygens (including phenoxy) is 2. The van der Waals surface area contributed by atoms with E-state index in [4.69, 9.17) is 9.47 Å². The maximum Gasteiger partial charge on any atom is 0.124 e. The van der Waals surface area contributed by atoms with E-state index in [2.05, 4.69) is 123 Å². The first-order chi connectivity index (χ1) is 21.4. The standard InChI is InChI=1S/C41H50O2P2/c1-25-15-26(2)18-34(17-25)44(35-19-27(3)16-28(4)20-35)33(9)38-13-12-14-39(38)45(36-21-29(5)40(42-10)30(6)22-36)37-23-31(7)41(43-11)32(8)24-37/h15-24,33H,12-14H2,1-11H3/t33-/m1/s1. The van der Waals surface area contributed by atoms with Crippen LogP contribution in [0, 0.1) is 55.4 Å². The lowest BCUT2D eigenvalue weighted by Crippen LogP contribution is -2.23. The van der Waals surface area contributed by atoms with Crippen molar-refractivity contribution < 1.29 is 9.47 Å². The van der Waals surface area contributed by atoms with Gasteiger partial charge in [0, 0.05) is 5.66 Å². The zero-order chi connectivity index (χ0) is 32.6. The van der Waals surface area contributed by atoms with Crippen molar-refractivity contribution in [1.29, 1.82) is 0 Å². The van der Waals surface area contributed by atoms with Gasteiger partial charge < -0.3 is 9.47 Å². The highest BCUT2D eigenvalue weighted by atomic mass is 31.1. The largest absolute Gasteiger partial charge is 0.496 e. The van der Waals surface area contributed by atoms with Gasteiger partial charge in [0.05, 0.1) is 14.2 Å². The van der Waals surface area contributed by atoms with Crippen LogP contribution in [0.3, 0.4) is 0 Å². The molecule has 0 saturated carbocycles. The summed E-state index contributed by atoms with van der Waals surface area (Å²) < 4.78 is 11.6. The molecule has 2 nitrogen and oxygen atoms in total. The number of allylic oxidation sites excluding steroid dienone is 2. The van der Waals surface area contributed by atoms with Crippen LogP contribution in [0.1, 0.15) is 70.7 Å². The molecule has 4 aromatic carbocycles.